The Morgan fingerprint density at radius 2 is 1.91 bits per heavy atom. The van der Waals surface area contributed by atoms with Crippen molar-refractivity contribution >= 4 is 17.3 Å². The maximum Gasteiger partial charge on any atom is 0.168 e. The first kappa shape index (κ1) is 16.5. The van der Waals surface area contributed by atoms with Gasteiger partial charge in [0.05, 0.1) is 11.3 Å². The van der Waals surface area contributed by atoms with E-state index < -0.39 is 0 Å². The van der Waals surface area contributed by atoms with Gasteiger partial charge in [0.1, 0.15) is 5.76 Å². The van der Waals surface area contributed by atoms with E-state index in [0.717, 1.165) is 18.6 Å². The van der Waals surface area contributed by atoms with E-state index in [1.54, 1.807) is 0 Å². The topological polar surface area (TPSA) is 49.7 Å². The van der Waals surface area contributed by atoms with E-state index in [-0.39, 0.29) is 23.0 Å². The molecule has 0 bridgehead atoms. The van der Waals surface area contributed by atoms with Crippen molar-refractivity contribution in [2.24, 2.45) is 10.4 Å². The molecule has 0 spiro atoms. The van der Waals surface area contributed by atoms with Gasteiger partial charge in [0.25, 0.3) is 0 Å². The number of carbonyl (C=O) groups excluding carboxylic acids is 1. The van der Waals surface area contributed by atoms with Crippen LogP contribution in [-0.4, -0.2) is 22.6 Å². The molecule has 0 saturated heterocycles. The van der Waals surface area contributed by atoms with Gasteiger partial charge in [-0.2, -0.15) is 0 Å². The van der Waals surface area contributed by atoms with Crippen molar-refractivity contribution in [1.29, 1.82) is 0 Å². The summed E-state index contributed by atoms with van der Waals surface area (Å²) in [5.41, 5.74) is 1.72. The Kier molecular flexibility index (Phi) is 4.84. The Labute approximate surface area is 132 Å². The number of aliphatic imine (C=N–C) groups is 1. The molecular weight excluding hydrogens is 274 g/mol. The van der Waals surface area contributed by atoms with Crippen molar-refractivity contribution in [2.45, 2.75) is 53.0 Å². The van der Waals surface area contributed by atoms with Crippen LogP contribution in [0.2, 0.25) is 0 Å². The number of carbonyl (C=O) groups is 1. The molecule has 1 aliphatic rings. The van der Waals surface area contributed by atoms with Gasteiger partial charge >= 0.3 is 0 Å². The van der Waals surface area contributed by atoms with Crippen LogP contribution < -0.4 is 0 Å². The van der Waals surface area contributed by atoms with E-state index in [4.69, 9.17) is 4.99 Å². The Morgan fingerprint density at radius 3 is 2.50 bits per heavy atom. The summed E-state index contributed by atoms with van der Waals surface area (Å²) < 4.78 is 0. The molecule has 1 N–H and O–H groups in total. The first-order valence-electron chi connectivity index (χ1n) is 7.93. The number of hydrogen-bond donors (Lipinski definition) is 1. The molecule has 1 saturated carbocycles. The van der Waals surface area contributed by atoms with Crippen molar-refractivity contribution in [3.05, 3.63) is 41.5 Å². The molecule has 3 nitrogen and oxygen atoms in total. The SMILES string of the molecule is CCC(C)N=C1CC(C)(C)CC(=O)C1=C(O)c1ccccc1. The van der Waals surface area contributed by atoms with E-state index in [1.807, 2.05) is 37.3 Å². The zero-order chi connectivity index (χ0) is 16.3. The molecular formula is C19H25NO2. The highest BCUT2D eigenvalue weighted by molar-refractivity contribution is 6.28. The largest absolute Gasteiger partial charge is 0.506 e. The molecule has 0 radical (unpaired) electrons. The third-order valence-electron chi connectivity index (χ3n) is 4.10. The van der Waals surface area contributed by atoms with Gasteiger partial charge in [-0.05, 0) is 25.2 Å². The number of allylic oxidation sites excluding steroid dienone is 1. The average Bonchev–Trinajstić information content (AvgIpc) is 2.46. The number of rotatable bonds is 3. The highest BCUT2D eigenvalue weighted by atomic mass is 16.3. The number of Topliss-reactive ketones (excluding diaryl/α,β-unsaturated/α-hetero) is 1. The van der Waals surface area contributed by atoms with Crippen molar-refractivity contribution in [3.8, 4) is 0 Å². The van der Waals surface area contributed by atoms with Crippen molar-refractivity contribution < 1.29 is 9.90 Å². The molecule has 118 valence electrons. The van der Waals surface area contributed by atoms with Gasteiger partial charge < -0.3 is 5.11 Å². The Morgan fingerprint density at radius 1 is 1.27 bits per heavy atom. The summed E-state index contributed by atoms with van der Waals surface area (Å²) in [6.07, 6.45) is 2.07. The fourth-order valence-corrected chi connectivity index (χ4v) is 2.76. The third kappa shape index (κ3) is 3.65. The smallest absolute Gasteiger partial charge is 0.168 e. The van der Waals surface area contributed by atoms with E-state index in [0.29, 0.717) is 17.6 Å². The molecule has 0 aromatic heterocycles. The maximum absolute atomic E-state index is 12.6. The lowest BCUT2D eigenvalue weighted by Gasteiger charge is -2.32. The average molecular weight is 299 g/mol. The monoisotopic (exact) mass is 299 g/mol. The molecule has 0 aliphatic heterocycles. The van der Waals surface area contributed by atoms with Crippen LogP contribution in [0.3, 0.4) is 0 Å². The van der Waals surface area contributed by atoms with Gasteiger partial charge in [0, 0.05) is 18.0 Å². The van der Waals surface area contributed by atoms with Crippen molar-refractivity contribution in [2.75, 3.05) is 0 Å². The van der Waals surface area contributed by atoms with Gasteiger partial charge in [0.2, 0.25) is 0 Å². The van der Waals surface area contributed by atoms with Gasteiger partial charge in [-0.1, -0.05) is 51.1 Å². The minimum Gasteiger partial charge on any atom is -0.506 e. The van der Waals surface area contributed by atoms with Gasteiger partial charge in [-0.15, -0.1) is 0 Å². The van der Waals surface area contributed by atoms with Crippen LogP contribution in [0.25, 0.3) is 5.76 Å². The molecule has 1 aromatic rings. The minimum atomic E-state index is -0.107. The lowest BCUT2D eigenvalue weighted by molar-refractivity contribution is -0.117. The number of benzene rings is 1. The zero-order valence-electron chi connectivity index (χ0n) is 13.9. The number of aliphatic hydroxyl groups excluding tert-OH is 1. The lowest BCUT2D eigenvalue weighted by atomic mass is 9.73. The summed E-state index contributed by atoms with van der Waals surface area (Å²) in [5, 5.41) is 10.6. The second kappa shape index (κ2) is 6.47. The Bertz CT molecular complexity index is 612. The van der Waals surface area contributed by atoms with E-state index in [9.17, 15) is 9.90 Å². The molecule has 3 heteroatoms. The van der Waals surface area contributed by atoms with E-state index in [1.165, 1.54) is 0 Å². The second-order valence-electron chi connectivity index (χ2n) is 6.86. The Hall–Kier alpha value is -1.90. The number of ketones is 1. The van der Waals surface area contributed by atoms with Crippen molar-refractivity contribution in [1.82, 2.24) is 0 Å². The predicted molar refractivity (Wildman–Crippen MR) is 91.2 cm³/mol. The fraction of sp³-hybridized carbons (Fsp3) is 0.474. The summed E-state index contributed by atoms with van der Waals surface area (Å²) >= 11 is 0. The van der Waals surface area contributed by atoms with Crippen LogP contribution in [0, 0.1) is 5.41 Å². The normalized spacial score (nSPS) is 23.5. The summed E-state index contributed by atoms with van der Waals surface area (Å²) in [6, 6.07) is 9.38. The fourth-order valence-electron chi connectivity index (χ4n) is 2.76. The molecule has 1 unspecified atom stereocenters. The van der Waals surface area contributed by atoms with Gasteiger partial charge in [-0.25, -0.2) is 0 Å². The van der Waals surface area contributed by atoms with E-state index >= 15 is 0 Å². The summed E-state index contributed by atoms with van der Waals surface area (Å²) in [7, 11) is 0. The minimum absolute atomic E-state index is 0.0142. The molecule has 0 heterocycles. The summed E-state index contributed by atoms with van der Waals surface area (Å²) in [5.74, 6) is 0.0443. The third-order valence-corrected chi connectivity index (χ3v) is 4.10. The molecule has 1 fully saturated rings. The standard InChI is InChI=1S/C19H25NO2/c1-5-13(2)20-15-11-19(3,4)12-16(21)17(15)18(22)14-9-7-6-8-10-14/h6-10,13,22H,5,11-12H2,1-4H3. The Balaban J connectivity index is 2.54. The number of hydrogen-bond acceptors (Lipinski definition) is 3. The van der Waals surface area contributed by atoms with Crippen LogP contribution in [0.15, 0.2) is 40.9 Å². The molecule has 1 aromatic carbocycles. The molecule has 2 rings (SSSR count). The van der Waals surface area contributed by atoms with Gasteiger partial charge in [0.15, 0.2) is 5.78 Å². The summed E-state index contributed by atoms with van der Waals surface area (Å²) in [6.45, 7) is 8.27. The predicted octanol–water partition coefficient (Wildman–Crippen LogP) is 4.58. The van der Waals surface area contributed by atoms with Crippen molar-refractivity contribution in [3.63, 3.8) is 0 Å². The lowest BCUT2D eigenvalue weighted by Crippen LogP contribution is -2.33. The summed E-state index contributed by atoms with van der Waals surface area (Å²) in [4.78, 5) is 17.3. The maximum atomic E-state index is 12.6. The quantitative estimate of drug-likeness (QED) is 0.656. The first-order chi connectivity index (χ1) is 10.3. The van der Waals surface area contributed by atoms with Crippen LogP contribution in [-0.2, 0) is 4.79 Å². The first-order valence-corrected chi connectivity index (χ1v) is 7.93. The van der Waals surface area contributed by atoms with Crippen LogP contribution >= 0.6 is 0 Å². The molecule has 22 heavy (non-hydrogen) atoms. The second-order valence-corrected chi connectivity index (χ2v) is 6.86. The number of aliphatic hydroxyl groups is 1. The van der Waals surface area contributed by atoms with Crippen LogP contribution in [0.5, 0.6) is 0 Å². The number of nitrogens with zero attached hydrogens (tertiary/aromatic N) is 1. The zero-order valence-corrected chi connectivity index (χ0v) is 13.9. The highest BCUT2D eigenvalue weighted by Crippen LogP contribution is 2.37. The van der Waals surface area contributed by atoms with Crippen LogP contribution in [0.4, 0.5) is 0 Å². The molecule has 1 atom stereocenters. The molecule has 0 amide bonds. The van der Waals surface area contributed by atoms with Gasteiger partial charge in [-0.3, -0.25) is 9.79 Å². The van der Waals surface area contributed by atoms with Crippen LogP contribution in [0.1, 0.15) is 52.5 Å². The highest BCUT2D eigenvalue weighted by Gasteiger charge is 2.36. The van der Waals surface area contributed by atoms with E-state index in [2.05, 4.69) is 20.8 Å². The molecule has 1 aliphatic carbocycles.